The number of anilines is 1. The van der Waals surface area contributed by atoms with Crippen LogP contribution in [-0.4, -0.2) is 43.1 Å². The van der Waals surface area contributed by atoms with Gasteiger partial charge in [-0.2, -0.15) is 13.2 Å². The fourth-order valence-corrected chi connectivity index (χ4v) is 1.91. The highest BCUT2D eigenvalue weighted by Crippen LogP contribution is 2.35. The SMILES string of the molecule is CN(C)C(=O)CN1C(=O)C(=O)c2cc(C(F)(F)F)ccc21. The van der Waals surface area contributed by atoms with Crippen LogP contribution in [-0.2, 0) is 15.8 Å². The van der Waals surface area contributed by atoms with Gasteiger partial charge in [0, 0.05) is 14.1 Å². The van der Waals surface area contributed by atoms with Gasteiger partial charge in [-0.15, -0.1) is 0 Å². The number of hydrogen-bond acceptors (Lipinski definition) is 3. The van der Waals surface area contributed by atoms with E-state index in [1.165, 1.54) is 19.0 Å². The van der Waals surface area contributed by atoms with Gasteiger partial charge in [-0.05, 0) is 18.2 Å². The van der Waals surface area contributed by atoms with Gasteiger partial charge < -0.3 is 4.90 Å². The number of fused-ring (bicyclic) bond motifs is 1. The molecule has 1 heterocycles. The summed E-state index contributed by atoms with van der Waals surface area (Å²) in [6.07, 6.45) is -4.61. The fourth-order valence-electron chi connectivity index (χ4n) is 1.91. The summed E-state index contributed by atoms with van der Waals surface area (Å²) in [5, 5.41) is 0. The number of carbonyl (C=O) groups is 3. The van der Waals surface area contributed by atoms with E-state index in [0.717, 1.165) is 17.0 Å². The molecule has 0 spiro atoms. The number of nitrogens with zero attached hydrogens (tertiary/aromatic N) is 2. The summed E-state index contributed by atoms with van der Waals surface area (Å²) in [6, 6.07) is 2.44. The number of rotatable bonds is 2. The summed E-state index contributed by atoms with van der Waals surface area (Å²) < 4.78 is 37.9. The van der Waals surface area contributed by atoms with E-state index in [4.69, 9.17) is 0 Å². The van der Waals surface area contributed by atoms with Gasteiger partial charge >= 0.3 is 6.18 Å². The van der Waals surface area contributed by atoms with Crippen molar-refractivity contribution in [3.05, 3.63) is 29.3 Å². The molecule has 0 fully saturated rings. The lowest BCUT2D eigenvalue weighted by atomic mass is 10.1. The molecule has 8 heteroatoms. The maximum Gasteiger partial charge on any atom is 0.416 e. The first-order valence-electron chi connectivity index (χ1n) is 5.90. The van der Waals surface area contributed by atoms with Crippen molar-refractivity contribution < 1.29 is 27.6 Å². The minimum absolute atomic E-state index is 0.0215. The zero-order valence-electron chi connectivity index (χ0n) is 11.2. The van der Waals surface area contributed by atoms with Gasteiger partial charge in [-0.3, -0.25) is 19.3 Å². The predicted molar refractivity (Wildman–Crippen MR) is 66.8 cm³/mol. The summed E-state index contributed by atoms with van der Waals surface area (Å²) in [5.41, 5.74) is -1.32. The van der Waals surface area contributed by atoms with Crippen LogP contribution >= 0.6 is 0 Å². The van der Waals surface area contributed by atoms with Crippen LogP contribution in [0.1, 0.15) is 15.9 Å². The largest absolute Gasteiger partial charge is 0.416 e. The number of carbonyl (C=O) groups excluding carboxylic acids is 3. The van der Waals surface area contributed by atoms with E-state index in [1.54, 1.807) is 0 Å². The van der Waals surface area contributed by atoms with Gasteiger partial charge in [0.1, 0.15) is 6.54 Å². The normalized spacial score (nSPS) is 14.4. The molecule has 112 valence electrons. The topological polar surface area (TPSA) is 57.7 Å². The van der Waals surface area contributed by atoms with Gasteiger partial charge in [0.25, 0.3) is 11.7 Å². The zero-order chi connectivity index (χ0) is 15.9. The highest BCUT2D eigenvalue weighted by Gasteiger charge is 2.40. The molecule has 1 aliphatic rings. The van der Waals surface area contributed by atoms with Gasteiger partial charge in [0.15, 0.2) is 0 Å². The standard InChI is InChI=1S/C13H11F3N2O3/c1-17(2)10(19)6-18-9-4-3-7(13(14,15)16)5-8(9)11(20)12(18)21/h3-5H,6H2,1-2H3. The fraction of sp³-hybridized carbons (Fsp3) is 0.308. The zero-order valence-corrected chi connectivity index (χ0v) is 11.2. The first-order valence-corrected chi connectivity index (χ1v) is 5.90. The Morgan fingerprint density at radius 1 is 1.24 bits per heavy atom. The maximum absolute atomic E-state index is 12.6. The molecule has 1 aromatic rings. The molecule has 5 nitrogen and oxygen atoms in total. The number of benzene rings is 1. The van der Waals surface area contributed by atoms with Crippen molar-refractivity contribution in [2.24, 2.45) is 0 Å². The Balaban J connectivity index is 2.42. The molecule has 21 heavy (non-hydrogen) atoms. The molecule has 0 saturated carbocycles. The third-order valence-electron chi connectivity index (χ3n) is 3.09. The molecule has 2 rings (SSSR count). The molecule has 2 amide bonds. The second-order valence-corrected chi connectivity index (χ2v) is 4.74. The number of ketones is 1. The van der Waals surface area contributed by atoms with Crippen molar-refractivity contribution >= 4 is 23.3 Å². The van der Waals surface area contributed by atoms with Gasteiger partial charge in [0.05, 0.1) is 16.8 Å². The van der Waals surface area contributed by atoms with Crippen LogP contribution in [0.5, 0.6) is 0 Å². The molecular formula is C13H11F3N2O3. The third kappa shape index (κ3) is 2.61. The Bertz CT molecular complexity index is 638. The minimum atomic E-state index is -4.61. The monoisotopic (exact) mass is 300 g/mol. The number of amides is 2. The van der Waals surface area contributed by atoms with Crippen LogP contribution < -0.4 is 4.90 Å². The van der Waals surface area contributed by atoms with E-state index in [2.05, 4.69) is 0 Å². The first-order chi connectivity index (χ1) is 9.62. The summed E-state index contributed by atoms with van der Waals surface area (Å²) in [4.78, 5) is 37.3. The molecule has 0 atom stereocenters. The van der Waals surface area contributed by atoms with Crippen LogP contribution in [0.3, 0.4) is 0 Å². The molecule has 0 N–H and O–H groups in total. The second kappa shape index (κ2) is 4.87. The summed E-state index contributed by atoms with van der Waals surface area (Å²) in [5.74, 6) is -2.48. The van der Waals surface area contributed by atoms with Crippen molar-refractivity contribution in [3.63, 3.8) is 0 Å². The van der Waals surface area contributed by atoms with E-state index in [1.807, 2.05) is 0 Å². The smallest absolute Gasteiger partial charge is 0.347 e. The Hall–Kier alpha value is -2.38. The van der Waals surface area contributed by atoms with E-state index >= 15 is 0 Å². The molecule has 0 unspecified atom stereocenters. The highest BCUT2D eigenvalue weighted by atomic mass is 19.4. The molecule has 0 radical (unpaired) electrons. The Kier molecular flexibility index (Phi) is 3.48. The molecule has 1 aromatic carbocycles. The Morgan fingerprint density at radius 3 is 2.38 bits per heavy atom. The van der Waals surface area contributed by atoms with Gasteiger partial charge in [-0.25, -0.2) is 0 Å². The van der Waals surface area contributed by atoms with Crippen LogP contribution in [0.15, 0.2) is 18.2 Å². The van der Waals surface area contributed by atoms with E-state index in [0.29, 0.717) is 6.07 Å². The Morgan fingerprint density at radius 2 is 1.86 bits per heavy atom. The number of likely N-dealkylation sites (N-methyl/N-ethyl adjacent to an activating group) is 1. The third-order valence-corrected chi connectivity index (χ3v) is 3.09. The molecule has 0 aliphatic carbocycles. The second-order valence-electron chi connectivity index (χ2n) is 4.74. The molecule has 0 aromatic heterocycles. The number of alkyl halides is 3. The number of Topliss-reactive ketones (excluding diaryl/α,β-unsaturated/α-hetero) is 1. The van der Waals surface area contributed by atoms with Crippen LogP contribution in [0.4, 0.5) is 18.9 Å². The summed E-state index contributed by atoms with van der Waals surface area (Å²) >= 11 is 0. The predicted octanol–water partition coefficient (Wildman–Crippen LogP) is 1.32. The molecule has 0 saturated heterocycles. The van der Waals surface area contributed by atoms with E-state index in [-0.39, 0.29) is 11.3 Å². The molecular weight excluding hydrogens is 289 g/mol. The van der Waals surface area contributed by atoms with Crippen molar-refractivity contribution in [1.82, 2.24) is 4.90 Å². The Labute approximate surface area is 117 Å². The number of hydrogen-bond donors (Lipinski definition) is 0. The highest BCUT2D eigenvalue weighted by molar-refractivity contribution is 6.52. The summed E-state index contributed by atoms with van der Waals surface area (Å²) in [7, 11) is 2.94. The van der Waals surface area contributed by atoms with Crippen molar-refractivity contribution in [1.29, 1.82) is 0 Å². The van der Waals surface area contributed by atoms with Crippen LogP contribution in [0, 0.1) is 0 Å². The maximum atomic E-state index is 12.6. The average Bonchev–Trinajstić information content (AvgIpc) is 2.62. The van der Waals surface area contributed by atoms with Crippen molar-refractivity contribution in [3.8, 4) is 0 Å². The summed E-state index contributed by atoms with van der Waals surface area (Å²) in [6.45, 7) is -0.393. The lowest BCUT2D eigenvalue weighted by Crippen LogP contribution is -2.39. The van der Waals surface area contributed by atoms with Gasteiger partial charge in [-0.1, -0.05) is 0 Å². The number of halogens is 3. The van der Waals surface area contributed by atoms with E-state index < -0.39 is 35.9 Å². The average molecular weight is 300 g/mol. The van der Waals surface area contributed by atoms with Crippen molar-refractivity contribution in [2.45, 2.75) is 6.18 Å². The van der Waals surface area contributed by atoms with Gasteiger partial charge in [0.2, 0.25) is 5.91 Å². The van der Waals surface area contributed by atoms with Crippen LogP contribution in [0.2, 0.25) is 0 Å². The lowest BCUT2D eigenvalue weighted by Gasteiger charge is -2.19. The van der Waals surface area contributed by atoms with E-state index in [9.17, 15) is 27.6 Å². The van der Waals surface area contributed by atoms with Crippen molar-refractivity contribution in [2.75, 3.05) is 25.5 Å². The quantitative estimate of drug-likeness (QED) is 0.774. The van der Waals surface area contributed by atoms with Crippen LogP contribution in [0.25, 0.3) is 0 Å². The first kappa shape index (κ1) is 15.0. The minimum Gasteiger partial charge on any atom is -0.347 e. The lowest BCUT2D eigenvalue weighted by molar-refractivity contribution is -0.137. The molecule has 0 bridgehead atoms. The molecule has 1 aliphatic heterocycles.